The summed E-state index contributed by atoms with van der Waals surface area (Å²) in [6, 6.07) is 0. The maximum absolute atomic E-state index is 11.1. The van der Waals surface area contributed by atoms with Gasteiger partial charge in [-0.1, -0.05) is 31.4 Å². The van der Waals surface area contributed by atoms with Crippen molar-refractivity contribution in [1.29, 1.82) is 0 Å². The molecule has 0 amide bonds. The first-order chi connectivity index (χ1) is 9.63. The fourth-order valence-corrected chi connectivity index (χ4v) is 4.26. The molecule has 3 aliphatic rings. The van der Waals surface area contributed by atoms with Crippen molar-refractivity contribution in [3.8, 4) is 0 Å². The number of carbonyl (C=O) groups excluding carboxylic acids is 1. The van der Waals surface area contributed by atoms with Gasteiger partial charge in [0.25, 0.3) is 0 Å². The van der Waals surface area contributed by atoms with Gasteiger partial charge in [-0.2, -0.15) is 0 Å². The van der Waals surface area contributed by atoms with Gasteiger partial charge in [-0.25, -0.2) is 0 Å². The van der Waals surface area contributed by atoms with Crippen molar-refractivity contribution in [2.75, 3.05) is 6.61 Å². The molecule has 1 aliphatic heterocycles. The Bertz CT molecular complexity index is 401. The summed E-state index contributed by atoms with van der Waals surface area (Å²) in [7, 11) is 0. The second-order valence-corrected chi connectivity index (χ2v) is 6.89. The number of hydrogen-bond acceptors (Lipinski definition) is 3. The minimum atomic E-state index is -0.305. The maximum atomic E-state index is 11.1. The molecule has 1 saturated heterocycles. The molecule has 0 aromatic rings. The predicted octanol–water partition coefficient (Wildman–Crippen LogP) is 3.68. The molecule has 0 aromatic carbocycles. The minimum absolute atomic E-state index is 0.230. The molecule has 0 aromatic heterocycles. The quantitative estimate of drug-likeness (QED) is 0.571. The van der Waals surface area contributed by atoms with Gasteiger partial charge in [-0.05, 0) is 37.5 Å². The Morgan fingerprint density at radius 1 is 1.35 bits per heavy atom. The molecule has 1 heterocycles. The van der Waals surface area contributed by atoms with Gasteiger partial charge in [0.1, 0.15) is 0 Å². The molecule has 2 fully saturated rings. The summed E-state index contributed by atoms with van der Waals surface area (Å²) in [4.78, 5) is 11.1. The molecule has 0 spiro atoms. The third-order valence-electron chi connectivity index (χ3n) is 5.29. The van der Waals surface area contributed by atoms with Crippen molar-refractivity contribution in [3.63, 3.8) is 0 Å². The first-order valence-electron chi connectivity index (χ1n) is 8.13. The summed E-state index contributed by atoms with van der Waals surface area (Å²) in [5.74, 6) is 2.28. The largest absolute Gasteiger partial charge is 0.436 e. The van der Waals surface area contributed by atoms with Crippen LogP contribution in [0.5, 0.6) is 0 Å². The Morgan fingerprint density at radius 3 is 2.95 bits per heavy atom. The summed E-state index contributed by atoms with van der Waals surface area (Å²) >= 11 is 0. The number of allylic oxidation sites excluding steroid dienone is 1. The third-order valence-corrected chi connectivity index (χ3v) is 5.29. The fourth-order valence-electron chi connectivity index (χ4n) is 4.26. The van der Waals surface area contributed by atoms with Crippen molar-refractivity contribution < 1.29 is 14.3 Å². The van der Waals surface area contributed by atoms with Crippen LogP contribution in [0.2, 0.25) is 0 Å². The van der Waals surface area contributed by atoms with Crippen LogP contribution in [0.4, 0.5) is 0 Å². The van der Waals surface area contributed by atoms with E-state index in [1.807, 2.05) is 0 Å². The smallest absolute Gasteiger partial charge is 0.304 e. The van der Waals surface area contributed by atoms with E-state index in [1.54, 1.807) is 5.57 Å². The molecule has 20 heavy (non-hydrogen) atoms. The van der Waals surface area contributed by atoms with E-state index in [9.17, 15) is 4.79 Å². The highest BCUT2D eigenvalue weighted by atomic mass is 16.7. The van der Waals surface area contributed by atoms with E-state index in [4.69, 9.17) is 9.47 Å². The number of fused-ring (bicyclic) bond motifs is 1. The summed E-state index contributed by atoms with van der Waals surface area (Å²) in [6.45, 7) is 4.56. The Labute approximate surface area is 121 Å². The first-order valence-corrected chi connectivity index (χ1v) is 8.13. The molecule has 3 nitrogen and oxygen atoms in total. The maximum Gasteiger partial charge on any atom is 0.304 e. The molecule has 5 unspecified atom stereocenters. The van der Waals surface area contributed by atoms with Crippen LogP contribution in [0.25, 0.3) is 0 Å². The molecular weight excluding hydrogens is 252 g/mol. The lowest BCUT2D eigenvalue weighted by Gasteiger charge is -2.33. The van der Waals surface area contributed by atoms with Gasteiger partial charge in [0, 0.05) is 18.8 Å². The summed E-state index contributed by atoms with van der Waals surface area (Å²) in [5, 5.41) is 0. The van der Waals surface area contributed by atoms with E-state index >= 15 is 0 Å². The van der Waals surface area contributed by atoms with Crippen molar-refractivity contribution >= 4 is 5.97 Å². The van der Waals surface area contributed by atoms with Gasteiger partial charge in [-0.15, -0.1) is 0 Å². The molecule has 3 rings (SSSR count). The molecule has 112 valence electrons. The van der Waals surface area contributed by atoms with Crippen LogP contribution in [0.3, 0.4) is 0 Å². The monoisotopic (exact) mass is 278 g/mol. The highest BCUT2D eigenvalue weighted by Crippen LogP contribution is 2.43. The van der Waals surface area contributed by atoms with E-state index in [-0.39, 0.29) is 12.3 Å². The Hall–Kier alpha value is -0.830. The Kier molecular flexibility index (Phi) is 4.16. The lowest BCUT2D eigenvalue weighted by atomic mass is 9.72. The van der Waals surface area contributed by atoms with Gasteiger partial charge in [0.05, 0.1) is 6.61 Å². The molecule has 2 aliphatic carbocycles. The standard InChI is InChI=1S/C17H26O3/c1-11-4-3-5-13(8-11)14-6-7-16-15(9-14)10-19-17(16)20-12(2)18/h9,11,13,15-17H,3-8,10H2,1-2H3. The van der Waals surface area contributed by atoms with Gasteiger partial charge in [0.2, 0.25) is 6.29 Å². The number of ether oxygens (including phenoxy) is 2. The highest BCUT2D eigenvalue weighted by molar-refractivity contribution is 5.66. The van der Waals surface area contributed by atoms with Crippen LogP contribution in [-0.2, 0) is 14.3 Å². The van der Waals surface area contributed by atoms with Crippen molar-refractivity contribution in [2.24, 2.45) is 23.7 Å². The van der Waals surface area contributed by atoms with Crippen LogP contribution in [-0.4, -0.2) is 18.9 Å². The molecular formula is C17H26O3. The number of hydrogen-bond donors (Lipinski definition) is 0. The molecule has 5 atom stereocenters. The van der Waals surface area contributed by atoms with E-state index in [0.717, 1.165) is 18.3 Å². The van der Waals surface area contributed by atoms with Gasteiger partial charge >= 0.3 is 5.97 Å². The normalized spacial score (nSPS) is 40.9. The SMILES string of the molecule is CC(=O)OC1OCC2C=C(C3CCCC(C)C3)CCC21. The van der Waals surface area contributed by atoms with E-state index in [2.05, 4.69) is 13.0 Å². The molecule has 0 radical (unpaired) electrons. The van der Waals surface area contributed by atoms with E-state index in [1.165, 1.54) is 39.0 Å². The average Bonchev–Trinajstić information content (AvgIpc) is 2.80. The van der Waals surface area contributed by atoms with E-state index < -0.39 is 0 Å². The first kappa shape index (κ1) is 14.1. The summed E-state index contributed by atoms with van der Waals surface area (Å²) in [5.41, 5.74) is 1.66. The number of carbonyl (C=O) groups is 1. The molecule has 1 saturated carbocycles. The Balaban J connectivity index is 1.65. The van der Waals surface area contributed by atoms with E-state index in [0.29, 0.717) is 18.4 Å². The molecule has 0 N–H and O–H groups in total. The van der Waals surface area contributed by atoms with Gasteiger partial charge in [-0.3, -0.25) is 4.79 Å². The van der Waals surface area contributed by atoms with Crippen LogP contribution in [0.15, 0.2) is 11.6 Å². The second kappa shape index (κ2) is 5.88. The van der Waals surface area contributed by atoms with Crippen molar-refractivity contribution in [3.05, 3.63) is 11.6 Å². The van der Waals surface area contributed by atoms with Crippen molar-refractivity contribution in [1.82, 2.24) is 0 Å². The van der Waals surface area contributed by atoms with Crippen LogP contribution >= 0.6 is 0 Å². The lowest BCUT2D eigenvalue weighted by molar-refractivity contribution is -0.173. The molecule has 3 heteroatoms. The summed E-state index contributed by atoms with van der Waals surface area (Å²) < 4.78 is 11.0. The lowest BCUT2D eigenvalue weighted by Crippen LogP contribution is -2.28. The van der Waals surface area contributed by atoms with Crippen LogP contribution < -0.4 is 0 Å². The van der Waals surface area contributed by atoms with Gasteiger partial charge < -0.3 is 9.47 Å². The van der Waals surface area contributed by atoms with Crippen molar-refractivity contribution in [2.45, 2.75) is 58.7 Å². The fraction of sp³-hybridized carbons (Fsp3) is 0.824. The highest BCUT2D eigenvalue weighted by Gasteiger charge is 2.41. The topological polar surface area (TPSA) is 35.5 Å². The third kappa shape index (κ3) is 2.93. The number of esters is 1. The number of rotatable bonds is 2. The van der Waals surface area contributed by atoms with Crippen LogP contribution in [0, 0.1) is 23.7 Å². The minimum Gasteiger partial charge on any atom is -0.436 e. The second-order valence-electron chi connectivity index (χ2n) is 6.89. The zero-order valence-electron chi connectivity index (χ0n) is 12.6. The predicted molar refractivity (Wildman–Crippen MR) is 76.9 cm³/mol. The van der Waals surface area contributed by atoms with Gasteiger partial charge in [0.15, 0.2) is 0 Å². The zero-order chi connectivity index (χ0) is 14.1. The summed E-state index contributed by atoms with van der Waals surface area (Å²) in [6.07, 6.45) is 9.93. The molecule has 0 bridgehead atoms. The Morgan fingerprint density at radius 2 is 2.20 bits per heavy atom. The average molecular weight is 278 g/mol. The zero-order valence-corrected chi connectivity index (χ0v) is 12.6. The van der Waals surface area contributed by atoms with Crippen LogP contribution in [0.1, 0.15) is 52.4 Å².